The van der Waals surface area contributed by atoms with Gasteiger partial charge >= 0.3 is 26.6 Å². The number of hydrogen-bond donors (Lipinski definition) is 0. The van der Waals surface area contributed by atoms with Crippen LogP contribution in [0, 0.1) is 6.92 Å². The summed E-state index contributed by atoms with van der Waals surface area (Å²) in [6.07, 6.45) is 12.7. The van der Waals surface area contributed by atoms with Crippen molar-refractivity contribution in [2.75, 3.05) is 0 Å². The van der Waals surface area contributed by atoms with Crippen LogP contribution in [0.1, 0.15) is 30.9 Å². The molecule has 0 atom stereocenters. The molecule has 2 aromatic carbocycles. The van der Waals surface area contributed by atoms with Gasteiger partial charge in [0.05, 0.1) is 5.52 Å². The third-order valence-electron chi connectivity index (χ3n) is 5.89. The molecule has 0 spiro atoms. The van der Waals surface area contributed by atoms with Gasteiger partial charge in [-0.2, -0.15) is 0 Å². The minimum absolute atomic E-state index is 0. The fourth-order valence-electron chi connectivity index (χ4n) is 3.88. The Balaban J connectivity index is 0.000000162. The molecule has 10 heteroatoms. The van der Waals surface area contributed by atoms with Crippen LogP contribution in [0.5, 0.6) is 5.75 Å². The first-order valence-electron chi connectivity index (χ1n) is 12.2. The molecule has 0 bridgehead atoms. The molecule has 0 aliphatic carbocycles. The van der Waals surface area contributed by atoms with E-state index in [1.165, 1.54) is 17.2 Å². The summed E-state index contributed by atoms with van der Waals surface area (Å²) in [7, 11) is -1.12. The van der Waals surface area contributed by atoms with Crippen molar-refractivity contribution in [2.24, 2.45) is 0 Å². The second kappa shape index (κ2) is 14.1. The van der Waals surface area contributed by atoms with Gasteiger partial charge in [-0.3, -0.25) is 4.98 Å². The van der Waals surface area contributed by atoms with Crippen molar-refractivity contribution in [1.82, 2.24) is 34.1 Å². The second-order valence-electron chi connectivity index (χ2n) is 8.96. The summed E-state index contributed by atoms with van der Waals surface area (Å²) >= 11 is 0. The maximum Gasteiger partial charge on any atom is 2.00 e. The first-order chi connectivity index (χ1) is 18.0. The van der Waals surface area contributed by atoms with Crippen molar-refractivity contribution < 1.29 is 24.6 Å². The molecule has 38 heavy (non-hydrogen) atoms. The number of aryl methyl sites for hydroxylation is 1. The monoisotopic (exact) mass is 593 g/mol. The van der Waals surface area contributed by atoms with Crippen molar-refractivity contribution >= 4 is 18.0 Å². The van der Waals surface area contributed by atoms with E-state index in [4.69, 9.17) is 0 Å². The van der Waals surface area contributed by atoms with Gasteiger partial charge in [-0.15, -0.1) is 0 Å². The van der Waals surface area contributed by atoms with E-state index in [1.807, 2.05) is 68.8 Å². The van der Waals surface area contributed by atoms with Crippen LogP contribution in [-0.4, -0.2) is 41.2 Å². The number of rotatable bonds is 4. The summed E-state index contributed by atoms with van der Waals surface area (Å²) in [5.41, 5.74) is 3.31. The van der Waals surface area contributed by atoms with Gasteiger partial charge in [0.15, 0.2) is 0 Å². The summed E-state index contributed by atoms with van der Waals surface area (Å²) in [6, 6.07) is 23.2. The Kier molecular flexibility index (Phi) is 10.6. The average Bonchev–Trinajstić information content (AvgIpc) is 3.71. The number of nitrogens with zero attached hydrogens (tertiary/aromatic N) is 7. The third-order valence-corrected chi connectivity index (χ3v) is 5.89. The molecule has 6 aromatic rings. The molecule has 6 rings (SSSR count). The Bertz CT molecular complexity index is 1380. The second-order valence-corrected chi connectivity index (χ2v) is 8.96. The summed E-state index contributed by atoms with van der Waals surface area (Å²) in [5.74, 6) is 0.642. The van der Waals surface area contributed by atoms with Crippen LogP contribution in [-0.2, 0) is 19.5 Å². The van der Waals surface area contributed by atoms with Crippen LogP contribution in [0.4, 0.5) is 0 Å². The van der Waals surface area contributed by atoms with Crippen LogP contribution < -0.4 is 5.11 Å². The molecule has 0 saturated heterocycles. The van der Waals surface area contributed by atoms with Crippen LogP contribution >= 0.6 is 0 Å². The Labute approximate surface area is 235 Å². The molecule has 0 saturated carbocycles. The maximum absolute atomic E-state index is 11.1. The minimum atomic E-state index is -1.12. The number of benzene rings is 2. The van der Waals surface area contributed by atoms with Crippen LogP contribution in [0.15, 0.2) is 116 Å². The number of para-hydroxylation sites is 1. The largest absolute Gasteiger partial charge is 2.00 e. The van der Waals surface area contributed by atoms with Gasteiger partial charge in [0, 0.05) is 24.8 Å². The van der Waals surface area contributed by atoms with E-state index in [2.05, 4.69) is 65.3 Å². The molecular weight excluding hydrogens is 562 g/mol. The quantitative estimate of drug-likeness (QED) is 0.284. The van der Waals surface area contributed by atoms with Gasteiger partial charge in [0.1, 0.15) is 0 Å². The molecule has 0 unspecified atom stereocenters. The zero-order valence-corrected chi connectivity index (χ0v) is 23.4. The van der Waals surface area contributed by atoms with E-state index in [0.717, 1.165) is 5.39 Å². The average molecular weight is 592 g/mol. The van der Waals surface area contributed by atoms with Gasteiger partial charge in [-0.05, 0) is 66.6 Å². The van der Waals surface area contributed by atoms with Crippen LogP contribution in [0.2, 0.25) is 0 Å². The molecule has 0 aliphatic heterocycles. The van der Waals surface area contributed by atoms with Crippen LogP contribution in [0.25, 0.3) is 10.9 Å². The fraction of sp³-hybridized carbons (Fsp3) is 0.143. The molecule has 0 fully saturated rings. The van der Waals surface area contributed by atoms with E-state index < -0.39 is 7.12 Å². The van der Waals surface area contributed by atoms with Crippen molar-refractivity contribution in [1.29, 1.82) is 0 Å². The Morgan fingerprint density at radius 1 is 0.684 bits per heavy atom. The number of pyridine rings is 1. The zero-order valence-electron chi connectivity index (χ0n) is 21.6. The summed E-state index contributed by atoms with van der Waals surface area (Å²) in [6.45, 7) is 6.54. The predicted molar refractivity (Wildman–Crippen MR) is 146 cm³/mol. The smallest absolute Gasteiger partial charge is 0.871 e. The first-order valence-corrected chi connectivity index (χ1v) is 12.2. The van der Waals surface area contributed by atoms with E-state index in [1.54, 1.807) is 30.9 Å². The summed E-state index contributed by atoms with van der Waals surface area (Å²) < 4.78 is 5.62. The molecule has 0 amide bonds. The first kappa shape index (κ1) is 28.5. The zero-order chi connectivity index (χ0) is 26.0. The molecule has 4 heterocycles. The topological polar surface area (TPSA) is 89.4 Å². The van der Waals surface area contributed by atoms with Crippen molar-refractivity contribution in [3.05, 3.63) is 127 Å². The normalized spacial score (nSPS) is 10.3. The predicted octanol–water partition coefficient (Wildman–Crippen LogP) is 4.36. The minimum Gasteiger partial charge on any atom is -0.871 e. The molecule has 4 aromatic heterocycles. The number of aromatic nitrogens is 7. The van der Waals surface area contributed by atoms with E-state index in [0.29, 0.717) is 11.4 Å². The Morgan fingerprint density at radius 2 is 1.21 bits per heavy atom. The Morgan fingerprint density at radius 3 is 1.66 bits per heavy atom. The fourth-order valence-corrected chi connectivity index (χ4v) is 3.88. The van der Waals surface area contributed by atoms with Crippen LogP contribution in [0.3, 0.4) is 0 Å². The molecule has 194 valence electrons. The molecule has 0 N–H and O–H groups in total. The van der Waals surface area contributed by atoms with Crippen molar-refractivity contribution in [3.8, 4) is 5.75 Å². The molecule has 8 nitrogen and oxygen atoms in total. The summed E-state index contributed by atoms with van der Waals surface area (Å²) in [5, 5.41) is 24.8. The summed E-state index contributed by atoms with van der Waals surface area (Å²) in [4.78, 5) is 3.97. The molecule has 0 radical (unpaired) electrons. The number of hydrogen-bond acceptors (Lipinski definition) is 5. The van der Waals surface area contributed by atoms with Gasteiger partial charge < -0.3 is 18.9 Å². The van der Waals surface area contributed by atoms with Crippen molar-refractivity contribution in [2.45, 2.75) is 26.7 Å². The van der Waals surface area contributed by atoms with E-state index in [9.17, 15) is 5.11 Å². The Hall–Kier alpha value is -4.03. The molecular formula is C28H30BN7ORu. The SMILES string of the molecule is Cc1ccc(C(C)C)cc1.[O-]c1cccc2cccnc12.[Ru+2].c1cnn([BH-](n2cccn2)n2cccn2)c1. The van der Waals surface area contributed by atoms with Crippen molar-refractivity contribution in [3.63, 3.8) is 0 Å². The van der Waals surface area contributed by atoms with Gasteiger partial charge in [-0.1, -0.05) is 73.7 Å². The van der Waals surface area contributed by atoms with E-state index >= 15 is 0 Å². The van der Waals surface area contributed by atoms with E-state index in [-0.39, 0.29) is 25.2 Å². The maximum atomic E-state index is 11.1. The van der Waals surface area contributed by atoms with Gasteiger partial charge in [-0.25, -0.2) is 15.3 Å². The van der Waals surface area contributed by atoms with Gasteiger partial charge in [0.25, 0.3) is 0 Å². The molecule has 0 aliphatic rings. The third kappa shape index (κ3) is 7.49. The number of fused-ring (bicyclic) bond motifs is 1. The van der Waals surface area contributed by atoms with Gasteiger partial charge in [0.2, 0.25) is 0 Å². The standard InChI is InChI=1S/C10H14.C9H10BN6.C9H7NO.Ru/c1-8(2)10-6-4-9(3)5-7-10;1-4-11-14(7-1)10(15-8-2-5-12-15)16-9-3-6-13-16;11-8-5-1-3-7-4-2-6-10-9(7)8;/h4-8H,1-3H3;1-10H;1-6,11H;/q;-1;;+2/p-1.